The van der Waals surface area contributed by atoms with Gasteiger partial charge >= 0.3 is 0 Å². The molecule has 138 valence electrons. The van der Waals surface area contributed by atoms with Crippen LogP contribution in [0.25, 0.3) is 0 Å². The highest BCUT2D eigenvalue weighted by molar-refractivity contribution is 6.27. The summed E-state index contributed by atoms with van der Waals surface area (Å²) in [5, 5.41) is 3.14. The Labute approximate surface area is 158 Å². The molecule has 0 radical (unpaired) electrons. The second-order valence-electron chi connectivity index (χ2n) is 6.68. The van der Waals surface area contributed by atoms with Gasteiger partial charge in [0.05, 0.1) is 0 Å². The molecule has 2 aromatic heterocycles. The zero-order valence-electron chi connectivity index (χ0n) is 15.1. The number of aromatic nitrogens is 4. The number of aryl methyl sites for hydroxylation is 2. The summed E-state index contributed by atoms with van der Waals surface area (Å²) in [5.74, 6) is 1.64. The predicted molar refractivity (Wildman–Crippen MR) is 101 cm³/mol. The second-order valence-corrected chi connectivity index (χ2v) is 6.95. The fraction of sp³-hybridized carbons (Fsp3) is 0.500. The summed E-state index contributed by atoms with van der Waals surface area (Å²) in [6, 6.07) is 3.84. The maximum atomic E-state index is 11.8. The number of carbonyl (C=O) groups excluding carboxylic acids is 1. The van der Waals surface area contributed by atoms with E-state index in [1.807, 2.05) is 30.9 Å². The average Bonchev–Trinajstić information content (AvgIpc) is 2.60. The Kier molecular flexibility index (Phi) is 5.98. The van der Waals surface area contributed by atoms with Gasteiger partial charge in [0.15, 0.2) is 0 Å². The van der Waals surface area contributed by atoms with Gasteiger partial charge in [-0.25, -0.2) is 19.9 Å². The van der Waals surface area contributed by atoms with Crippen LogP contribution in [0.3, 0.4) is 0 Å². The van der Waals surface area contributed by atoms with Gasteiger partial charge in [0, 0.05) is 36.2 Å². The van der Waals surface area contributed by atoms with E-state index < -0.39 is 0 Å². The van der Waals surface area contributed by atoms with Crippen LogP contribution in [0.5, 0.6) is 0 Å². The highest BCUT2D eigenvalue weighted by atomic mass is 35.5. The minimum atomic E-state index is 0.00776. The Morgan fingerprint density at radius 3 is 2.77 bits per heavy atom. The summed E-state index contributed by atoms with van der Waals surface area (Å²) in [6.07, 6.45) is 4.43. The van der Waals surface area contributed by atoms with E-state index in [0.717, 1.165) is 49.4 Å². The molecular weight excluding hydrogens is 352 g/mol. The zero-order chi connectivity index (χ0) is 18.5. The number of hydrogen-bond acceptors (Lipinski definition) is 6. The number of carbonyl (C=O) groups is 1. The lowest BCUT2D eigenvalue weighted by Crippen LogP contribution is -2.41. The van der Waals surface area contributed by atoms with Crippen molar-refractivity contribution in [1.82, 2.24) is 24.8 Å². The summed E-state index contributed by atoms with van der Waals surface area (Å²) < 4.78 is 0. The van der Waals surface area contributed by atoms with Crippen LogP contribution in [-0.2, 0) is 11.2 Å². The van der Waals surface area contributed by atoms with E-state index in [1.165, 1.54) is 0 Å². The van der Waals surface area contributed by atoms with Gasteiger partial charge in [-0.05, 0) is 45.1 Å². The average molecular weight is 375 g/mol. The van der Waals surface area contributed by atoms with E-state index in [0.29, 0.717) is 17.7 Å². The molecule has 3 heterocycles. The maximum absolute atomic E-state index is 11.8. The first-order valence-corrected chi connectivity index (χ1v) is 9.31. The van der Waals surface area contributed by atoms with Crippen molar-refractivity contribution in [1.29, 1.82) is 0 Å². The standard InChI is InChI=1S/C18H23ClN6O/c1-12-6-13(2)23-18(22-12)24-16-8-15(20-11-21-16)7-14-4-3-5-25(10-14)17(26)9-19/h6,8,11,14H,3-5,7,9-10H2,1-2H3,(H,20,21,22,23,24). The molecule has 26 heavy (non-hydrogen) atoms. The Hall–Kier alpha value is -2.28. The van der Waals surface area contributed by atoms with Crippen molar-refractivity contribution in [2.75, 3.05) is 24.3 Å². The minimum Gasteiger partial charge on any atom is -0.341 e. The zero-order valence-corrected chi connectivity index (χ0v) is 15.8. The molecule has 8 heteroatoms. The third kappa shape index (κ3) is 4.88. The Bertz CT molecular complexity index is 764. The molecular formula is C18H23ClN6O. The lowest BCUT2D eigenvalue weighted by atomic mass is 9.93. The number of hydrogen-bond donors (Lipinski definition) is 1. The summed E-state index contributed by atoms with van der Waals surface area (Å²) in [7, 11) is 0. The largest absolute Gasteiger partial charge is 0.341 e. The van der Waals surface area contributed by atoms with Crippen molar-refractivity contribution in [3.8, 4) is 0 Å². The molecule has 0 bridgehead atoms. The molecule has 1 aliphatic rings. The number of rotatable bonds is 5. The highest BCUT2D eigenvalue weighted by Gasteiger charge is 2.23. The normalized spacial score (nSPS) is 17.2. The van der Waals surface area contributed by atoms with Crippen molar-refractivity contribution in [3.05, 3.63) is 35.5 Å². The molecule has 0 saturated carbocycles. The fourth-order valence-corrected chi connectivity index (χ4v) is 3.48. The number of likely N-dealkylation sites (tertiary alicyclic amines) is 1. The molecule has 0 spiro atoms. The predicted octanol–water partition coefficient (Wildman–Crippen LogP) is 2.65. The van der Waals surface area contributed by atoms with Crippen LogP contribution >= 0.6 is 11.6 Å². The number of alkyl halides is 1. The quantitative estimate of drug-likeness (QED) is 0.810. The molecule has 3 rings (SSSR count). The van der Waals surface area contributed by atoms with E-state index in [9.17, 15) is 4.79 Å². The van der Waals surface area contributed by atoms with Crippen molar-refractivity contribution in [2.45, 2.75) is 33.1 Å². The van der Waals surface area contributed by atoms with Crippen LogP contribution in [0.4, 0.5) is 11.8 Å². The smallest absolute Gasteiger partial charge is 0.237 e. The van der Waals surface area contributed by atoms with Gasteiger partial charge in [0.2, 0.25) is 11.9 Å². The third-order valence-electron chi connectivity index (χ3n) is 4.43. The monoisotopic (exact) mass is 374 g/mol. The van der Waals surface area contributed by atoms with Gasteiger partial charge in [-0.1, -0.05) is 0 Å². The molecule has 0 aromatic carbocycles. The van der Waals surface area contributed by atoms with Crippen LogP contribution < -0.4 is 5.32 Å². The Balaban J connectivity index is 1.66. The van der Waals surface area contributed by atoms with E-state index in [1.54, 1.807) is 6.33 Å². The first-order valence-electron chi connectivity index (χ1n) is 8.77. The highest BCUT2D eigenvalue weighted by Crippen LogP contribution is 2.21. The van der Waals surface area contributed by atoms with Gasteiger partial charge in [-0.15, -0.1) is 11.6 Å². The lowest BCUT2D eigenvalue weighted by molar-refractivity contribution is -0.130. The Morgan fingerprint density at radius 2 is 2.04 bits per heavy atom. The van der Waals surface area contributed by atoms with Gasteiger partial charge in [0.25, 0.3) is 0 Å². The molecule has 1 unspecified atom stereocenters. The minimum absolute atomic E-state index is 0.00776. The number of piperidine rings is 1. The van der Waals surface area contributed by atoms with E-state index >= 15 is 0 Å². The van der Waals surface area contributed by atoms with E-state index in [2.05, 4.69) is 25.3 Å². The number of anilines is 2. The fourth-order valence-electron chi connectivity index (χ4n) is 3.31. The molecule has 7 nitrogen and oxygen atoms in total. The van der Waals surface area contributed by atoms with Gasteiger partial charge in [-0.2, -0.15) is 0 Å². The van der Waals surface area contributed by atoms with E-state index in [4.69, 9.17) is 11.6 Å². The van der Waals surface area contributed by atoms with Crippen LogP contribution in [-0.4, -0.2) is 49.7 Å². The maximum Gasteiger partial charge on any atom is 0.237 e. The molecule has 1 atom stereocenters. The molecule has 1 saturated heterocycles. The van der Waals surface area contributed by atoms with Gasteiger partial charge in [0.1, 0.15) is 18.0 Å². The van der Waals surface area contributed by atoms with Crippen LogP contribution in [0.2, 0.25) is 0 Å². The van der Waals surface area contributed by atoms with Gasteiger partial charge < -0.3 is 10.2 Å². The number of nitrogens with zero attached hydrogens (tertiary/aromatic N) is 5. The molecule has 1 N–H and O–H groups in total. The van der Waals surface area contributed by atoms with Crippen molar-refractivity contribution >= 4 is 29.3 Å². The molecule has 2 aromatic rings. The SMILES string of the molecule is Cc1cc(C)nc(Nc2cc(CC3CCCN(C(=O)CCl)C3)ncn2)n1. The van der Waals surface area contributed by atoms with Crippen molar-refractivity contribution in [3.63, 3.8) is 0 Å². The summed E-state index contributed by atoms with van der Waals surface area (Å²) >= 11 is 5.68. The Morgan fingerprint density at radius 1 is 1.27 bits per heavy atom. The van der Waals surface area contributed by atoms with E-state index in [-0.39, 0.29) is 11.8 Å². The second kappa shape index (κ2) is 8.40. The third-order valence-corrected chi connectivity index (χ3v) is 4.66. The first kappa shape index (κ1) is 18.5. The van der Waals surface area contributed by atoms with Crippen LogP contribution in [0, 0.1) is 19.8 Å². The molecule has 1 amide bonds. The molecule has 1 aliphatic heterocycles. The van der Waals surface area contributed by atoms with Crippen molar-refractivity contribution in [2.24, 2.45) is 5.92 Å². The lowest BCUT2D eigenvalue weighted by Gasteiger charge is -2.32. The number of halogens is 1. The van der Waals surface area contributed by atoms with Gasteiger partial charge in [-0.3, -0.25) is 4.79 Å². The van der Waals surface area contributed by atoms with Crippen molar-refractivity contribution < 1.29 is 4.79 Å². The summed E-state index contributed by atoms with van der Waals surface area (Å²) in [5.41, 5.74) is 2.75. The summed E-state index contributed by atoms with van der Waals surface area (Å²) in [4.78, 5) is 31.1. The molecule has 0 aliphatic carbocycles. The first-order chi connectivity index (χ1) is 12.5. The van der Waals surface area contributed by atoms with Crippen LogP contribution in [0.1, 0.15) is 29.9 Å². The number of nitrogens with one attached hydrogen (secondary N) is 1. The number of amides is 1. The topological polar surface area (TPSA) is 83.9 Å². The summed E-state index contributed by atoms with van der Waals surface area (Å²) in [6.45, 7) is 5.39. The molecule has 1 fully saturated rings. The van der Waals surface area contributed by atoms with Crippen LogP contribution in [0.15, 0.2) is 18.5 Å².